The Hall–Kier alpha value is -3.26. The first-order chi connectivity index (χ1) is 12.3. The summed E-state index contributed by atoms with van der Waals surface area (Å²) < 4.78 is 6.30. The number of anilines is 3. The minimum Gasteiger partial charge on any atom is -0.440 e. The van der Waals surface area contributed by atoms with Gasteiger partial charge in [0.2, 0.25) is 5.88 Å². The van der Waals surface area contributed by atoms with Crippen LogP contribution in [-0.2, 0) is 0 Å². The Bertz CT molecular complexity index is 904. The van der Waals surface area contributed by atoms with E-state index >= 15 is 0 Å². The Morgan fingerprint density at radius 2 is 1.12 bits per heavy atom. The molecule has 0 bridgehead atoms. The molecule has 2 heteroatoms. The standard InChI is InChI=1S/C23H19NO/c1-18-17-22(19-11-5-2-6-12-19)25-23(18)24(20-13-7-3-8-14-20)21-15-9-4-10-16-21/h2-17H,1H3. The van der Waals surface area contributed by atoms with Crippen LogP contribution >= 0.6 is 0 Å². The Morgan fingerprint density at radius 3 is 1.64 bits per heavy atom. The van der Waals surface area contributed by atoms with Crippen molar-refractivity contribution in [1.82, 2.24) is 0 Å². The smallest absolute Gasteiger partial charge is 0.208 e. The fraction of sp³-hybridized carbons (Fsp3) is 0.0435. The fourth-order valence-electron chi connectivity index (χ4n) is 2.98. The molecular formula is C23H19NO. The highest BCUT2D eigenvalue weighted by Crippen LogP contribution is 2.39. The third kappa shape index (κ3) is 3.07. The average Bonchev–Trinajstić information content (AvgIpc) is 3.06. The maximum absolute atomic E-state index is 6.30. The van der Waals surface area contributed by atoms with Gasteiger partial charge in [0.25, 0.3) is 0 Å². The van der Waals surface area contributed by atoms with Gasteiger partial charge in [0.1, 0.15) is 5.76 Å². The average molecular weight is 325 g/mol. The van der Waals surface area contributed by atoms with Crippen molar-refractivity contribution in [1.29, 1.82) is 0 Å². The van der Waals surface area contributed by atoms with Gasteiger partial charge in [-0.15, -0.1) is 0 Å². The van der Waals surface area contributed by atoms with Gasteiger partial charge in [0, 0.05) is 22.5 Å². The molecule has 0 amide bonds. The summed E-state index contributed by atoms with van der Waals surface area (Å²) >= 11 is 0. The highest BCUT2D eigenvalue weighted by molar-refractivity contribution is 5.77. The number of hydrogen-bond acceptors (Lipinski definition) is 2. The Balaban J connectivity index is 1.85. The number of rotatable bonds is 4. The van der Waals surface area contributed by atoms with Gasteiger partial charge in [-0.05, 0) is 37.3 Å². The fourth-order valence-corrected chi connectivity index (χ4v) is 2.98. The highest BCUT2D eigenvalue weighted by atomic mass is 16.4. The Morgan fingerprint density at radius 1 is 0.640 bits per heavy atom. The maximum Gasteiger partial charge on any atom is 0.208 e. The number of para-hydroxylation sites is 2. The summed E-state index contributed by atoms with van der Waals surface area (Å²) in [6, 6.07) is 32.9. The molecule has 0 fully saturated rings. The van der Waals surface area contributed by atoms with E-state index in [1.165, 1.54) is 0 Å². The van der Waals surface area contributed by atoms with E-state index in [4.69, 9.17) is 4.42 Å². The molecule has 0 unspecified atom stereocenters. The molecule has 0 radical (unpaired) electrons. The van der Waals surface area contributed by atoms with Gasteiger partial charge in [-0.2, -0.15) is 0 Å². The number of furan rings is 1. The first kappa shape index (κ1) is 15.3. The van der Waals surface area contributed by atoms with Crippen molar-refractivity contribution >= 4 is 17.3 Å². The molecule has 4 aromatic rings. The lowest BCUT2D eigenvalue weighted by Crippen LogP contribution is -2.09. The van der Waals surface area contributed by atoms with Crippen LogP contribution in [0.4, 0.5) is 17.3 Å². The quantitative estimate of drug-likeness (QED) is 0.414. The zero-order valence-corrected chi connectivity index (χ0v) is 14.1. The zero-order valence-electron chi connectivity index (χ0n) is 14.1. The van der Waals surface area contributed by atoms with Crippen LogP contribution in [-0.4, -0.2) is 0 Å². The Labute approximate surface area is 148 Å². The summed E-state index contributed by atoms with van der Waals surface area (Å²) in [7, 11) is 0. The molecule has 0 spiro atoms. The van der Waals surface area contributed by atoms with E-state index in [-0.39, 0.29) is 0 Å². The maximum atomic E-state index is 6.30. The summed E-state index contributed by atoms with van der Waals surface area (Å²) in [6.45, 7) is 2.09. The van der Waals surface area contributed by atoms with Gasteiger partial charge in [-0.1, -0.05) is 66.7 Å². The highest BCUT2D eigenvalue weighted by Gasteiger charge is 2.19. The largest absolute Gasteiger partial charge is 0.440 e. The van der Waals surface area contributed by atoms with Crippen LogP contribution in [0.1, 0.15) is 5.56 Å². The Kier molecular flexibility index (Phi) is 4.09. The molecule has 0 saturated carbocycles. The van der Waals surface area contributed by atoms with Crippen molar-refractivity contribution in [2.45, 2.75) is 6.92 Å². The second kappa shape index (κ2) is 6.70. The molecule has 1 aromatic heterocycles. The van der Waals surface area contributed by atoms with Gasteiger partial charge in [0.15, 0.2) is 0 Å². The van der Waals surface area contributed by atoms with Crippen LogP contribution in [0.5, 0.6) is 0 Å². The topological polar surface area (TPSA) is 16.4 Å². The van der Waals surface area contributed by atoms with Gasteiger partial charge in [-0.3, -0.25) is 4.90 Å². The van der Waals surface area contributed by atoms with Crippen LogP contribution in [0.25, 0.3) is 11.3 Å². The van der Waals surface area contributed by atoms with E-state index in [0.717, 1.165) is 34.1 Å². The van der Waals surface area contributed by atoms with Crippen LogP contribution in [0.3, 0.4) is 0 Å². The second-order valence-electron chi connectivity index (χ2n) is 5.97. The van der Waals surface area contributed by atoms with Crippen molar-refractivity contribution in [3.05, 3.63) is 103 Å². The van der Waals surface area contributed by atoms with Crippen molar-refractivity contribution in [2.24, 2.45) is 0 Å². The molecule has 0 aliphatic carbocycles. The molecule has 4 rings (SSSR count). The summed E-state index contributed by atoms with van der Waals surface area (Å²) in [5.74, 6) is 1.72. The summed E-state index contributed by atoms with van der Waals surface area (Å²) in [4.78, 5) is 2.15. The van der Waals surface area contributed by atoms with Crippen LogP contribution in [0, 0.1) is 6.92 Å². The van der Waals surface area contributed by atoms with E-state index < -0.39 is 0 Å². The number of nitrogens with zero attached hydrogens (tertiary/aromatic N) is 1. The lowest BCUT2D eigenvalue weighted by atomic mass is 10.1. The van der Waals surface area contributed by atoms with Gasteiger partial charge >= 0.3 is 0 Å². The lowest BCUT2D eigenvalue weighted by Gasteiger charge is -2.23. The third-order valence-corrected chi connectivity index (χ3v) is 4.18. The second-order valence-corrected chi connectivity index (χ2v) is 5.97. The SMILES string of the molecule is Cc1cc(-c2ccccc2)oc1N(c1ccccc1)c1ccccc1. The van der Waals surface area contributed by atoms with Crippen LogP contribution in [0.2, 0.25) is 0 Å². The monoisotopic (exact) mass is 325 g/mol. The van der Waals surface area contributed by atoms with Crippen molar-refractivity contribution in [2.75, 3.05) is 4.90 Å². The first-order valence-corrected chi connectivity index (χ1v) is 8.39. The van der Waals surface area contributed by atoms with E-state index in [1.807, 2.05) is 54.6 Å². The van der Waals surface area contributed by atoms with Gasteiger partial charge in [-0.25, -0.2) is 0 Å². The molecule has 3 aromatic carbocycles. The molecule has 2 nitrogen and oxygen atoms in total. The van der Waals surface area contributed by atoms with E-state index in [1.54, 1.807) is 0 Å². The number of benzene rings is 3. The summed E-state index contributed by atoms with van der Waals surface area (Å²) in [5, 5.41) is 0. The summed E-state index contributed by atoms with van der Waals surface area (Å²) in [6.07, 6.45) is 0. The van der Waals surface area contributed by atoms with E-state index in [2.05, 4.69) is 54.3 Å². The zero-order chi connectivity index (χ0) is 17.1. The minimum absolute atomic E-state index is 0.844. The lowest BCUT2D eigenvalue weighted by molar-refractivity contribution is 0.586. The molecule has 25 heavy (non-hydrogen) atoms. The first-order valence-electron chi connectivity index (χ1n) is 8.39. The molecular weight excluding hydrogens is 306 g/mol. The minimum atomic E-state index is 0.844. The molecule has 1 heterocycles. The van der Waals surface area contributed by atoms with E-state index in [0.29, 0.717) is 0 Å². The van der Waals surface area contributed by atoms with Crippen molar-refractivity contribution in [3.8, 4) is 11.3 Å². The van der Waals surface area contributed by atoms with Gasteiger partial charge in [0.05, 0.1) is 0 Å². The van der Waals surface area contributed by atoms with Crippen LogP contribution in [0.15, 0.2) is 101 Å². The third-order valence-electron chi connectivity index (χ3n) is 4.18. The molecule has 0 saturated heterocycles. The van der Waals surface area contributed by atoms with Crippen molar-refractivity contribution in [3.63, 3.8) is 0 Å². The molecule has 0 atom stereocenters. The van der Waals surface area contributed by atoms with E-state index in [9.17, 15) is 0 Å². The number of hydrogen-bond donors (Lipinski definition) is 0. The molecule has 0 aliphatic heterocycles. The molecule has 122 valence electrons. The predicted octanol–water partition coefficient (Wildman–Crippen LogP) is 6.72. The predicted molar refractivity (Wildman–Crippen MR) is 104 cm³/mol. The van der Waals surface area contributed by atoms with Gasteiger partial charge < -0.3 is 4.42 Å². The van der Waals surface area contributed by atoms with Crippen LogP contribution < -0.4 is 4.90 Å². The number of aryl methyl sites for hydroxylation is 1. The van der Waals surface area contributed by atoms with Crippen molar-refractivity contribution < 1.29 is 4.42 Å². The molecule has 0 aliphatic rings. The summed E-state index contributed by atoms with van der Waals surface area (Å²) in [5.41, 5.74) is 4.33. The normalized spacial score (nSPS) is 10.6. The molecule has 0 N–H and O–H groups in total.